The molecular weight excluding hydrogens is 266 g/mol. The normalized spacial score (nSPS) is 25.1. The van der Waals surface area contributed by atoms with Gasteiger partial charge < -0.3 is 0 Å². The summed E-state index contributed by atoms with van der Waals surface area (Å²) in [6, 6.07) is 7.28. The van der Waals surface area contributed by atoms with E-state index < -0.39 is 0 Å². The zero-order chi connectivity index (χ0) is 13.1. The van der Waals surface area contributed by atoms with Gasteiger partial charge in [0, 0.05) is 29.2 Å². The molecule has 1 aliphatic rings. The molecule has 0 spiro atoms. The minimum Gasteiger partial charge on any atom is -0.294 e. The van der Waals surface area contributed by atoms with Crippen LogP contribution in [0.2, 0.25) is 5.02 Å². The summed E-state index contributed by atoms with van der Waals surface area (Å²) in [4.78, 5) is 14.4. The molecule has 98 valence electrons. The van der Waals surface area contributed by atoms with E-state index in [1.54, 1.807) is 12.1 Å². The fourth-order valence-electron chi connectivity index (χ4n) is 2.39. The number of Topliss-reactive ketones (excluding diaryl/α,β-unsaturated/α-hetero) is 1. The first kappa shape index (κ1) is 13.9. The van der Waals surface area contributed by atoms with Crippen molar-refractivity contribution < 1.29 is 4.79 Å². The van der Waals surface area contributed by atoms with E-state index >= 15 is 0 Å². The molecule has 1 aliphatic heterocycles. The number of carbonyl (C=O) groups is 1. The Bertz CT molecular complexity index is 428. The first-order valence-corrected chi connectivity index (χ1v) is 7.54. The minimum atomic E-state index is 0.118. The lowest BCUT2D eigenvalue weighted by molar-refractivity contribution is 0.0930. The van der Waals surface area contributed by atoms with Crippen LogP contribution >= 0.6 is 23.4 Å². The van der Waals surface area contributed by atoms with Crippen LogP contribution in [0.4, 0.5) is 0 Å². The molecule has 1 saturated heterocycles. The molecule has 0 saturated carbocycles. The third-order valence-corrected chi connectivity index (χ3v) is 4.59. The summed E-state index contributed by atoms with van der Waals surface area (Å²) in [7, 11) is 0. The fraction of sp³-hybridized carbons (Fsp3) is 0.500. The molecule has 2 atom stereocenters. The highest BCUT2D eigenvalue weighted by Crippen LogP contribution is 2.25. The van der Waals surface area contributed by atoms with Crippen molar-refractivity contribution >= 4 is 29.1 Å². The summed E-state index contributed by atoms with van der Waals surface area (Å²) in [5.41, 5.74) is 0.637. The molecule has 4 heteroatoms. The highest BCUT2D eigenvalue weighted by atomic mass is 35.5. The second-order valence-electron chi connectivity index (χ2n) is 4.85. The Kier molecular flexibility index (Phi) is 4.71. The van der Waals surface area contributed by atoms with E-state index in [1.165, 1.54) is 0 Å². The predicted octanol–water partition coefficient (Wildman–Crippen LogP) is 3.35. The Labute approximate surface area is 118 Å². The van der Waals surface area contributed by atoms with Crippen molar-refractivity contribution in [2.24, 2.45) is 0 Å². The average Bonchev–Trinajstić information content (AvgIpc) is 2.27. The van der Waals surface area contributed by atoms with E-state index in [4.69, 9.17) is 11.6 Å². The van der Waals surface area contributed by atoms with Gasteiger partial charge in [0.25, 0.3) is 0 Å². The Balaban J connectivity index is 2.01. The van der Waals surface area contributed by atoms with Crippen molar-refractivity contribution in [3.63, 3.8) is 0 Å². The first-order chi connectivity index (χ1) is 8.56. The number of benzene rings is 1. The van der Waals surface area contributed by atoms with Crippen molar-refractivity contribution in [1.29, 1.82) is 0 Å². The summed E-state index contributed by atoms with van der Waals surface area (Å²) in [5, 5.41) is 1.73. The van der Waals surface area contributed by atoms with Gasteiger partial charge in [0.2, 0.25) is 0 Å². The van der Waals surface area contributed by atoms with Gasteiger partial charge >= 0.3 is 0 Å². The molecule has 0 aliphatic carbocycles. The van der Waals surface area contributed by atoms with Gasteiger partial charge in [-0.1, -0.05) is 37.6 Å². The van der Waals surface area contributed by atoms with Gasteiger partial charge in [-0.3, -0.25) is 9.69 Å². The van der Waals surface area contributed by atoms with E-state index in [9.17, 15) is 4.79 Å². The number of ketones is 1. The summed E-state index contributed by atoms with van der Waals surface area (Å²) < 4.78 is 0. The van der Waals surface area contributed by atoms with Crippen LogP contribution < -0.4 is 0 Å². The number of rotatable bonds is 3. The van der Waals surface area contributed by atoms with Crippen molar-refractivity contribution in [2.75, 3.05) is 19.6 Å². The molecule has 0 bridgehead atoms. The van der Waals surface area contributed by atoms with Crippen LogP contribution in [0.15, 0.2) is 24.3 Å². The van der Waals surface area contributed by atoms with Crippen molar-refractivity contribution in [1.82, 2.24) is 4.90 Å². The van der Waals surface area contributed by atoms with Gasteiger partial charge in [0.1, 0.15) is 0 Å². The van der Waals surface area contributed by atoms with Gasteiger partial charge in [0.15, 0.2) is 5.78 Å². The van der Waals surface area contributed by atoms with Crippen LogP contribution in [0.3, 0.4) is 0 Å². The SMILES string of the molecule is CC1CN(CC(=O)c2ccccc2Cl)CC(C)S1. The van der Waals surface area contributed by atoms with Gasteiger partial charge in [-0.05, 0) is 12.1 Å². The molecule has 18 heavy (non-hydrogen) atoms. The van der Waals surface area contributed by atoms with Crippen LogP contribution in [-0.4, -0.2) is 40.8 Å². The van der Waals surface area contributed by atoms with Crippen LogP contribution in [0.1, 0.15) is 24.2 Å². The molecule has 0 aromatic heterocycles. The average molecular weight is 284 g/mol. The molecular formula is C14H18ClNOS. The minimum absolute atomic E-state index is 0.118. The van der Waals surface area contributed by atoms with Crippen LogP contribution in [0, 0.1) is 0 Å². The van der Waals surface area contributed by atoms with Crippen LogP contribution in [0.25, 0.3) is 0 Å². The maximum atomic E-state index is 12.2. The second-order valence-corrected chi connectivity index (χ2v) is 7.14. The molecule has 0 radical (unpaired) electrons. The zero-order valence-corrected chi connectivity index (χ0v) is 12.3. The fourth-order valence-corrected chi connectivity index (χ4v) is 4.02. The maximum absolute atomic E-state index is 12.2. The number of halogens is 1. The van der Waals surface area contributed by atoms with E-state index in [-0.39, 0.29) is 5.78 Å². The molecule has 2 unspecified atom stereocenters. The first-order valence-electron chi connectivity index (χ1n) is 6.22. The van der Waals surface area contributed by atoms with Crippen LogP contribution in [-0.2, 0) is 0 Å². The van der Waals surface area contributed by atoms with E-state index in [1.807, 2.05) is 23.9 Å². The van der Waals surface area contributed by atoms with Crippen molar-refractivity contribution in [3.05, 3.63) is 34.9 Å². The molecule has 1 heterocycles. The number of hydrogen-bond donors (Lipinski definition) is 0. The Hall–Kier alpha value is -0.510. The summed E-state index contributed by atoms with van der Waals surface area (Å²) in [6.45, 7) is 6.86. The van der Waals surface area contributed by atoms with Crippen molar-refractivity contribution in [2.45, 2.75) is 24.3 Å². The largest absolute Gasteiger partial charge is 0.294 e. The third kappa shape index (κ3) is 3.50. The maximum Gasteiger partial charge on any atom is 0.178 e. The monoisotopic (exact) mass is 283 g/mol. The number of thioether (sulfide) groups is 1. The van der Waals surface area contributed by atoms with Crippen LogP contribution in [0.5, 0.6) is 0 Å². The molecule has 1 aromatic rings. The molecule has 1 fully saturated rings. The molecule has 2 nitrogen and oxygen atoms in total. The Morgan fingerprint density at radius 2 is 1.94 bits per heavy atom. The number of hydrogen-bond acceptors (Lipinski definition) is 3. The van der Waals surface area contributed by atoms with Gasteiger partial charge in [-0.25, -0.2) is 0 Å². The van der Waals surface area contributed by atoms with Crippen molar-refractivity contribution in [3.8, 4) is 0 Å². The van der Waals surface area contributed by atoms with Gasteiger partial charge in [-0.15, -0.1) is 0 Å². The highest BCUT2D eigenvalue weighted by Gasteiger charge is 2.24. The van der Waals surface area contributed by atoms with E-state index in [2.05, 4.69) is 18.7 Å². The highest BCUT2D eigenvalue weighted by molar-refractivity contribution is 8.00. The van der Waals surface area contributed by atoms with Gasteiger partial charge in [0.05, 0.1) is 11.6 Å². The lowest BCUT2D eigenvalue weighted by Gasteiger charge is -2.34. The predicted molar refractivity (Wildman–Crippen MR) is 78.7 cm³/mol. The molecule has 0 N–H and O–H groups in total. The molecule has 1 aromatic carbocycles. The standard InChI is InChI=1S/C14H18ClNOS/c1-10-7-16(8-11(2)18-10)9-14(17)12-5-3-4-6-13(12)15/h3-6,10-11H,7-9H2,1-2H3. The van der Waals surface area contributed by atoms with E-state index in [0.717, 1.165) is 13.1 Å². The quantitative estimate of drug-likeness (QED) is 0.794. The Morgan fingerprint density at radius 3 is 2.56 bits per heavy atom. The molecule has 0 amide bonds. The third-order valence-electron chi connectivity index (χ3n) is 3.04. The van der Waals surface area contributed by atoms with E-state index in [0.29, 0.717) is 27.6 Å². The van der Waals surface area contributed by atoms with Gasteiger partial charge in [-0.2, -0.15) is 11.8 Å². The summed E-state index contributed by atoms with van der Waals surface area (Å²) in [5.74, 6) is 0.118. The molecule has 2 rings (SSSR count). The summed E-state index contributed by atoms with van der Waals surface area (Å²) >= 11 is 8.04. The Morgan fingerprint density at radius 1 is 1.33 bits per heavy atom. The second kappa shape index (κ2) is 6.09. The number of nitrogens with zero attached hydrogens (tertiary/aromatic N) is 1. The topological polar surface area (TPSA) is 20.3 Å². The lowest BCUT2D eigenvalue weighted by Crippen LogP contribution is -2.43. The number of carbonyl (C=O) groups excluding carboxylic acids is 1. The zero-order valence-electron chi connectivity index (χ0n) is 10.7. The summed E-state index contributed by atoms with van der Waals surface area (Å²) in [6.07, 6.45) is 0. The lowest BCUT2D eigenvalue weighted by atomic mass is 10.1. The smallest absolute Gasteiger partial charge is 0.178 e.